The van der Waals surface area contributed by atoms with Crippen LogP contribution in [0.15, 0.2) is 23.1 Å². The molecule has 1 atom stereocenters. The van der Waals surface area contributed by atoms with E-state index in [0.717, 1.165) is 6.07 Å². The number of carboxylic acid groups (broad SMARTS) is 1. The van der Waals surface area contributed by atoms with Crippen LogP contribution in [0.3, 0.4) is 0 Å². The minimum atomic E-state index is -3.90. The molecule has 0 saturated carbocycles. The molecule has 100 valence electrons. The first kappa shape index (κ1) is 14.6. The molecule has 0 aliphatic heterocycles. The molecule has 0 saturated heterocycles. The normalized spacial score (nSPS) is 13.3. The molecule has 0 spiro atoms. The van der Waals surface area contributed by atoms with E-state index in [1.165, 1.54) is 26.0 Å². The molecule has 0 aliphatic carbocycles. The summed E-state index contributed by atoms with van der Waals surface area (Å²) in [5, 5.41) is 8.54. The Bertz CT molecular complexity index is 556. The number of sulfonamides is 1. The third-order valence-corrected chi connectivity index (χ3v) is 3.88. The highest BCUT2D eigenvalue weighted by Gasteiger charge is 2.19. The van der Waals surface area contributed by atoms with Crippen molar-refractivity contribution < 1.29 is 22.7 Å². The topological polar surface area (TPSA) is 83.5 Å². The lowest BCUT2D eigenvalue weighted by atomic mass is 10.2. The average molecular weight is 275 g/mol. The van der Waals surface area contributed by atoms with Gasteiger partial charge in [-0.15, -0.1) is 0 Å². The average Bonchev–Trinajstić information content (AvgIpc) is 2.19. The van der Waals surface area contributed by atoms with Gasteiger partial charge in [-0.1, -0.05) is 6.07 Å². The summed E-state index contributed by atoms with van der Waals surface area (Å²) in [5.74, 6) is -1.73. The third kappa shape index (κ3) is 3.78. The molecule has 0 amide bonds. The fourth-order valence-corrected chi connectivity index (χ4v) is 2.63. The first-order valence-corrected chi connectivity index (χ1v) is 6.71. The fourth-order valence-electron chi connectivity index (χ4n) is 1.38. The number of rotatable bonds is 5. The van der Waals surface area contributed by atoms with Crippen LogP contribution in [0, 0.1) is 12.7 Å². The zero-order chi connectivity index (χ0) is 13.9. The minimum Gasteiger partial charge on any atom is -0.481 e. The van der Waals surface area contributed by atoms with E-state index in [9.17, 15) is 17.6 Å². The van der Waals surface area contributed by atoms with Crippen LogP contribution >= 0.6 is 0 Å². The maximum absolute atomic E-state index is 13.3. The van der Waals surface area contributed by atoms with Crippen LogP contribution in [-0.2, 0) is 14.8 Å². The number of hydrogen-bond donors (Lipinski definition) is 2. The Balaban J connectivity index is 2.92. The van der Waals surface area contributed by atoms with Crippen molar-refractivity contribution in [3.63, 3.8) is 0 Å². The highest BCUT2D eigenvalue weighted by Crippen LogP contribution is 2.14. The first-order valence-electron chi connectivity index (χ1n) is 5.22. The zero-order valence-electron chi connectivity index (χ0n) is 9.97. The summed E-state index contributed by atoms with van der Waals surface area (Å²) in [6, 6.07) is 2.77. The van der Waals surface area contributed by atoms with Crippen molar-refractivity contribution in [1.29, 1.82) is 0 Å². The van der Waals surface area contributed by atoms with Crippen molar-refractivity contribution in [2.24, 2.45) is 0 Å². The molecular weight excluding hydrogens is 261 g/mol. The minimum absolute atomic E-state index is 0.220. The van der Waals surface area contributed by atoms with Crippen LogP contribution < -0.4 is 4.72 Å². The first-order chi connectivity index (χ1) is 8.22. The molecule has 1 aromatic carbocycles. The third-order valence-electron chi connectivity index (χ3n) is 2.29. The van der Waals surface area contributed by atoms with Gasteiger partial charge in [0.1, 0.15) is 5.82 Å². The maximum Gasteiger partial charge on any atom is 0.304 e. The lowest BCUT2D eigenvalue weighted by Gasteiger charge is -2.12. The largest absolute Gasteiger partial charge is 0.481 e. The summed E-state index contributed by atoms with van der Waals surface area (Å²) in [6.07, 6.45) is -0.340. The van der Waals surface area contributed by atoms with Gasteiger partial charge in [0.2, 0.25) is 10.0 Å². The second kappa shape index (κ2) is 5.45. The number of nitrogens with one attached hydrogen (secondary N) is 1. The van der Waals surface area contributed by atoms with Gasteiger partial charge in [0, 0.05) is 6.04 Å². The van der Waals surface area contributed by atoms with Gasteiger partial charge in [0.05, 0.1) is 11.3 Å². The monoisotopic (exact) mass is 275 g/mol. The molecule has 7 heteroatoms. The lowest BCUT2D eigenvalue weighted by molar-refractivity contribution is -0.137. The van der Waals surface area contributed by atoms with E-state index >= 15 is 0 Å². The summed E-state index contributed by atoms with van der Waals surface area (Å²) < 4.78 is 39.1. The Hall–Kier alpha value is -1.47. The molecule has 1 aromatic rings. The van der Waals surface area contributed by atoms with Gasteiger partial charge >= 0.3 is 5.97 Å². The number of carbonyl (C=O) groups is 1. The highest BCUT2D eigenvalue weighted by atomic mass is 32.2. The predicted octanol–water partition coefficient (Wildman–Crippen LogP) is 1.28. The van der Waals surface area contributed by atoms with E-state index in [-0.39, 0.29) is 11.3 Å². The lowest BCUT2D eigenvalue weighted by Crippen LogP contribution is -2.34. The van der Waals surface area contributed by atoms with Crippen molar-refractivity contribution in [3.05, 3.63) is 29.6 Å². The fraction of sp³-hybridized carbons (Fsp3) is 0.364. The molecule has 2 N–H and O–H groups in total. The summed E-state index contributed by atoms with van der Waals surface area (Å²) in [4.78, 5) is 10.2. The van der Waals surface area contributed by atoms with Crippen molar-refractivity contribution in [2.75, 3.05) is 0 Å². The van der Waals surface area contributed by atoms with E-state index < -0.39 is 27.9 Å². The van der Waals surface area contributed by atoms with Crippen LogP contribution in [0.2, 0.25) is 0 Å². The summed E-state index contributed by atoms with van der Waals surface area (Å²) in [5.41, 5.74) is 0.340. The zero-order valence-corrected chi connectivity index (χ0v) is 10.8. The second-order valence-corrected chi connectivity index (χ2v) is 5.75. The van der Waals surface area contributed by atoms with Crippen molar-refractivity contribution in [2.45, 2.75) is 31.2 Å². The van der Waals surface area contributed by atoms with Crippen LogP contribution in [-0.4, -0.2) is 25.5 Å². The van der Waals surface area contributed by atoms with Crippen LogP contribution in [0.4, 0.5) is 4.39 Å². The van der Waals surface area contributed by atoms with E-state index in [1.54, 1.807) is 0 Å². The molecule has 0 aromatic heterocycles. The summed E-state index contributed by atoms with van der Waals surface area (Å²) >= 11 is 0. The molecular formula is C11H14FNO4S. The Morgan fingerprint density at radius 2 is 2.11 bits per heavy atom. The van der Waals surface area contributed by atoms with E-state index in [0.29, 0.717) is 5.56 Å². The molecule has 18 heavy (non-hydrogen) atoms. The number of halogens is 1. The number of aliphatic carboxylic acids is 1. The van der Waals surface area contributed by atoms with Crippen LogP contribution in [0.1, 0.15) is 18.9 Å². The summed E-state index contributed by atoms with van der Waals surface area (Å²) in [6.45, 7) is 2.95. The molecule has 1 rings (SSSR count). The van der Waals surface area contributed by atoms with Gasteiger partial charge in [-0.3, -0.25) is 4.79 Å². The SMILES string of the molecule is Cc1ccc(S(=O)(=O)NC(C)CC(=O)O)cc1F. The molecule has 5 nitrogen and oxygen atoms in total. The quantitative estimate of drug-likeness (QED) is 0.847. The highest BCUT2D eigenvalue weighted by molar-refractivity contribution is 7.89. The number of aryl methyl sites for hydroxylation is 1. The van der Waals surface area contributed by atoms with Gasteiger partial charge in [-0.25, -0.2) is 17.5 Å². The van der Waals surface area contributed by atoms with Gasteiger partial charge in [-0.05, 0) is 31.5 Å². The number of hydrogen-bond acceptors (Lipinski definition) is 3. The molecule has 0 bridgehead atoms. The van der Waals surface area contributed by atoms with E-state index in [1.807, 2.05) is 0 Å². The molecule has 0 heterocycles. The molecule has 1 unspecified atom stereocenters. The molecule has 0 radical (unpaired) electrons. The van der Waals surface area contributed by atoms with Gasteiger partial charge in [0.15, 0.2) is 0 Å². The summed E-state index contributed by atoms with van der Waals surface area (Å²) in [7, 11) is -3.90. The van der Waals surface area contributed by atoms with Gasteiger partial charge < -0.3 is 5.11 Å². The second-order valence-electron chi connectivity index (χ2n) is 4.03. The number of benzene rings is 1. The molecule has 0 aliphatic rings. The maximum atomic E-state index is 13.3. The van der Waals surface area contributed by atoms with E-state index in [4.69, 9.17) is 5.11 Å². The van der Waals surface area contributed by atoms with E-state index in [2.05, 4.69) is 4.72 Å². The standard InChI is InChI=1S/C11H14FNO4S/c1-7-3-4-9(6-10(7)12)18(16,17)13-8(2)5-11(14)15/h3-4,6,8,13H,5H2,1-2H3,(H,14,15). The smallest absolute Gasteiger partial charge is 0.304 e. The van der Waals surface area contributed by atoms with Gasteiger partial charge in [0.25, 0.3) is 0 Å². The number of carboxylic acids is 1. The van der Waals surface area contributed by atoms with Crippen molar-refractivity contribution in [1.82, 2.24) is 4.72 Å². The van der Waals surface area contributed by atoms with Crippen molar-refractivity contribution >= 4 is 16.0 Å². The van der Waals surface area contributed by atoms with Gasteiger partial charge in [-0.2, -0.15) is 0 Å². The molecule has 0 fully saturated rings. The van der Waals surface area contributed by atoms with Crippen molar-refractivity contribution in [3.8, 4) is 0 Å². The Kier molecular flexibility index (Phi) is 4.42. The van der Waals surface area contributed by atoms with Crippen LogP contribution in [0.5, 0.6) is 0 Å². The Morgan fingerprint density at radius 3 is 2.61 bits per heavy atom. The predicted molar refractivity (Wildman–Crippen MR) is 63.2 cm³/mol. The Labute approximate surface area is 105 Å². The van der Waals surface area contributed by atoms with Crippen LogP contribution in [0.25, 0.3) is 0 Å². The Morgan fingerprint density at radius 1 is 1.50 bits per heavy atom.